The molecule has 0 unspecified atom stereocenters. The molecule has 0 N–H and O–H groups in total. The minimum absolute atomic E-state index is 0.279. The number of hydrogen-bond acceptors (Lipinski definition) is 1. The fraction of sp³-hybridized carbons (Fsp3) is 0.182. The summed E-state index contributed by atoms with van der Waals surface area (Å²) in [6.45, 7) is 0. The van der Waals surface area contributed by atoms with E-state index in [1.807, 2.05) is 0 Å². The Labute approximate surface area is 86.2 Å². The van der Waals surface area contributed by atoms with Crippen LogP contribution in [0.1, 0.15) is 17.5 Å². The first-order valence-electron chi connectivity index (χ1n) is 4.35. The zero-order chi connectivity index (χ0) is 10.1. The van der Waals surface area contributed by atoms with Gasteiger partial charge in [-0.1, -0.05) is 6.07 Å². The quantitative estimate of drug-likeness (QED) is 0.515. The lowest BCUT2D eigenvalue weighted by molar-refractivity contribution is -0.107. The lowest BCUT2D eigenvalue weighted by atomic mass is 10.1. The molecule has 0 amide bonds. The van der Waals surface area contributed by atoms with Gasteiger partial charge in [0.2, 0.25) is 5.24 Å². The summed E-state index contributed by atoms with van der Waals surface area (Å²) in [4.78, 5) is 10.7. The van der Waals surface area contributed by atoms with Crippen LogP contribution in [0.4, 0.5) is 4.39 Å². The first-order chi connectivity index (χ1) is 6.66. The fourth-order valence-electron chi connectivity index (χ4n) is 1.76. The summed E-state index contributed by atoms with van der Waals surface area (Å²) in [5, 5.41) is -0.503. The Morgan fingerprint density at radius 3 is 2.93 bits per heavy atom. The lowest BCUT2D eigenvalue weighted by Crippen LogP contribution is -1.85. The highest BCUT2D eigenvalue weighted by Gasteiger charge is 2.17. The topological polar surface area (TPSA) is 17.1 Å². The van der Waals surface area contributed by atoms with Crippen LogP contribution in [0.5, 0.6) is 0 Å². The third-order valence-electron chi connectivity index (χ3n) is 2.37. The molecule has 0 saturated carbocycles. The molecular weight excluding hydrogens is 203 g/mol. The summed E-state index contributed by atoms with van der Waals surface area (Å²) in [5.41, 5.74) is 2.73. The van der Waals surface area contributed by atoms with E-state index in [0.29, 0.717) is 0 Å². The average molecular weight is 211 g/mol. The number of hydrogen-bond donors (Lipinski definition) is 0. The smallest absolute Gasteiger partial charge is 0.245 e. The number of fused-ring (bicyclic) bond motifs is 1. The Bertz CT molecular complexity index is 423. The van der Waals surface area contributed by atoms with Gasteiger partial charge in [0.05, 0.1) is 0 Å². The van der Waals surface area contributed by atoms with Crippen molar-refractivity contribution >= 4 is 22.4 Å². The molecular formula is C11H8ClFO. The number of benzene rings is 1. The highest BCUT2D eigenvalue weighted by Crippen LogP contribution is 2.32. The SMILES string of the molecule is O=C(Cl)C=C1CCc2ccc(F)cc21. The Hall–Kier alpha value is -1.15. The number of carbonyl (C=O) groups is 1. The van der Waals surface area contributed by atoms with E-state index < -0.39 is 5.24 Å². The predicted molar refractivity (Wildman–Crippen MR) is 53.6 cm³/mol. The van der Waals surface area contributed by atoms with Crippen molar-refractivity contribution in [3.63, 3.8) is 0 Å². The second-order valence-corrected chi connectivity index (χ2v) is 3.65. The van der Waals surface area contributed by atoms with Crippen LogP contribution in [-0.2, 0) is 11.2 Å². The molecule has 0 heterocycles. The van der Waals surface area contributed by atoms with Gasteiger partial charge in [0.1, 0.15) is 5.82 Å². The molecule has 0 spiro atoms. The Balaban J connectivity index is 2.48. The van der Waals surface area contributed by atoms with Crippen LogP contribution in [-0.4, -0.2) is 5.24 Å². The van der Waals surface area contributed by atoms with Gasteiger partial charge in [-0.05, 0) is 53.3 Å². The van der Waals surface area contributed by atoms with E-state index in [-0.39, 0.29) is 5.82 Å². The maximum Gasteiger partial charge on any atom is 0.245 e. The zero-order valence-electron chi connectivity index (χ0n) is 7.39. The molecule has 14 heavy (non-hydrogen) atoms. The van der Waals surface area contributed by atoms with Crippen molar-refractivity contribution in [1.82, 2.24) is 0 Å². The molecule has 1 aromatic rings. The van der Waals surface area contributed by atoms with Gasteiger partial charge >= 0.3 is 0 Å². The van der Waals surface area contributed by atoms with Crippen molar-refractivity contribution in [2.45, 2.75) is 12.8 Å². The first-order valence-corrected chi connectivity index (χ1v) is 4.73. The Kier molecular flexibility index (Phi) is 2.38. The first kappa shape index (κ1) is 9.41. The van der Waals surface area contributed by atoms with Crippen LogP contribution in [0.2, 0.25) is 0 Å². The molecule has 2 rings (SSSR count). The number of halogens is 2. The molecule has 0 aliphatic heterocycles. The molecule has 72 valence electrons. The standard InChI is InChI=1S/C11H8ClFO/c12-11(14)5-8-2-1-7-3-4-9(13)6-10(7)8/h3-6H,1-2H2. The van der Waals surface area contributed by atoms with E-state index in [2.05, 4.69) is 0 Å². The Morgan fingerprint density at radius 2 is 2.21 bits per heavy atom. The van der Waals surface area contributed by atoms with Gasteiger partial charge in [-0.15, -0.1) is 0 Å². The molecule has 1 aromatic carbocycles. The highest BCUT2D eigenvalue weighted by molar-refractivity contribution is 6.67. The molecule has 1 aliphatic rings. The molecule has 0 atom stereocenters. The molecule has 1 aliphatic carbocycles. The van der Waals surface area contributed by atoms with E-state index in [1.165, 1.54) is 18.2 Å². The summed E-state index contributed by atoms with van der Waals surface area (Å²) in [6, 6.07) is 4.64. The molecule has 0 fully saturated rings. The monoisotopic (exact) mass is 210 g/mol. The van der Waals surface area contributed by atoms with Crippen LogP contribution < -0.4 is 0 Å². The van der Waals surface area contributed by atoms with Gasteiger partial charge in [0.25, 0.3) is 0 Å². The number of rotatable bonds is 1. The van der Waals surface area contributed by atoms with Crippen LogP contribution in [0, 0.1) is 5.82 Å². The van der Waals surface area contributed by atoms with E-state index >= 15 is 0 Å². The third-order valence-corrected chi connectivity index (χ3v) is 2.48. The van der Waals surface area contributed by atoms with Gasteiger partial charge < -0.3 is 0 Å². The van der Waals surface area contributed by atoms with Gasteiger partial charge in [0.15, 0.2) is 0 Å². The largest absolute Gasteiger partial charge is 0.276 e. The van der Waals surface area contributed by atoms with Crippen LogP contribution in [0.15, 0.2) is 24.3 Å². The van der Waals surface area contributed by atoms with Crippen LogP contribution >= 0.6 is 11.6 Å². The minimum atomic E-state index is -0.503. The fourth-order valence-corrected chi connectivity index (χ4v) is 1.89. The lowest BCUT2D eigenvalue weighted by Gasteiger charge is -1.99. The normalized spacial score (nSPS) is 17.1. The Morgan fingerprint density at radius 1 is 1.43 bits per heavy atom. The average Bonchev–Trinajstić information content (AvgIpc) is 2.47. The van der Waals surface area contributed by atoms with Crippen molar-refractivity contribution in [2.75, 3.05) is 0 Å². The zero-order valence-corrected chi connectivity index (χ0v) is 8.14. The number of aryl methyl sites for hydroxylation is 1. The van der Waals surface area contributed by atoms with Crippen LogP contribution in [0.3, 0.4) is 0 Å². The van der Waals surface area contributed by atoms with E-state index in [9.17, 15) is 9.18 Å². The molecule has 1 nitrogen and oxygen atoms in total. The van der Waals surface area contributed by atoms with Crippen molar-refractivity contribution in [2.24, 2.45) is 0 Å². The summed E-state index contributed by atoms with van der Waals surface area (Å²) in [5.74, 6) is -0.279. The summed E-state index contributed by atoms with van der Waals surface area (Å²) < 4.78 is 12.9. The molecule has 0 aromatic heterocycles. The van der Waals surface area contributed by atoms with Gasteiger partial charge in [-0.2, -0.15) is 0 Å². The molecule has 0 radical (unpaired) electrons. The van der Waals surface area contributed by atoms with Crippen LogP contribution in [0.25, 0.3) is 5.57 Å². The van der Waals surface area contributed by atoms with Crippen molar-refractivity contribution in [3.05, 3.63) is 41.2 Å². The maximum atomic E-state index is 12.9. The molecule has 0 saturated heterocycles. The second-order valence-electron chi connectivity index (χ2n) is 3.28. The van der Waals surface area contributed by atoms with E-state index in [4.69, 9.17) is 11.6 Å². The molecule has 0 bridgehead atoms. The van der Waals surface area contributed by atoms with E-state index in [1.54, 1.807) is 6.07 Å². The van der Waals surface area contributed by atoms with Crippen molar-refractivity contribution < 1.29 is 9.18 Å². The summed E-state index contributed by atoms with van der Waals surface area (Å²) >= 11 is 5.26. The van der Waals surface area contributed by atoms with Crippen molar-refractivity contribution in [1.29, 1.82) is 0 Å². The van der Waals surface area contributed by atoms with Gasteiger partial charge in [-0.3, -0.25) is 4.79 Å². The molecule has 3 heteroatoms. The predicted octanol–water partition coefficient (Wildman–Crippen LogP) is 2.92. The van der Waals surface area contributed by atoms with Gasteiger partial charge in [0, 0.05) is 6.08 Å². The minimum Gasteiger partial charge on any atom is -0.276 e. The second kappa shape index (κ2) is 3.54. The van der Waals surface area contributed by atoms with Crippen molar-refractivity contribution in [3.8, 4) is 0 Å². The number of allylic oxidation sites excluding steroid dienone is 2. The number of carbonyl (C=O) groups excluding carboxylic acids is 1. The van der Waals surface area contributed by atoms with E-state index in [0.717, 1.165) is 29.5 Å². The maximum absolute atomic E-state index is 12.9. The van der Waals surface area contributed by atoms with Gasteiger partial charge in [-0.25, -0.2) is 4.39 Å². The summed E-state index contributed by atoms with van der Waals surface area (Å²) in [7, 11) is 0. The highest BCUT2D eigenvalue weighted by atomic mass is 35.5. The summed E-state index contributed by atoms with van der Waals surface area (Å²) in [6.07, 6.45) is 2.98. The third kappa shape index (κ3) is 1.70.